The summed E-state index contributed by atoms with van der Waals surface area (Å²) in [6.45, 7) is 0. The molecule has 0 saturated heterocycles. The van der Waals surface area contributed by atoms with Crippen molar-refractivity contribution in [3.63, 3.8) is 0 Å². The number of oxazole rings is 1. The van der Waals surface area contributed by atoms with Crippen molar-refractivity contribution in [3.05, 3.63) is 65.1 Å². The molecule has 3 nitrogen and oxygen atoms in total. The third kappa shape index (κ3) is 1.26. The van der Waals surface area contributed by atoms with E-state index in [1.807, 2.05) is 48.5 Å². The van der Waals surface area contributed by atoms with E-state index in [0.29, 0.717) is 5.58 Å². The number of rotatable bonds is 1. The zero-order valence-corrected chi connectivity index (χ0v) is 8.46. The van der Waals surface area contributed by atoms with Crippen molar-refractivity contribution >= 4 is 11.1 Å². The van der Waals surface area contributed by atoms with Crippen LogP contribution in [0.5, 0.6) is 0 Å². The van der Waals surface area contributed by atoms with Gasteiger partial charge in [-0.15, -0.1) is 0 Å². The van der Waals surface area contributed by atoms with Crippen molar-refractivity contribution in [2.45, 2.75) is 0 Å². The molecule has 2 aromatic carbocycles. The third-order valence-corrected chi connectivity index (χ3v) is 2.50. The average Bonchev–Trinajstić information content (AvgIpc) is 2.66. The molecule has 0 unspecified atom stereocenters. The highest BCUT2D eigenvalue weighted by atomic mass is 16.4. The number of benzene rings is 2. The van der Waals surface area contributed by atoms with Gasteiger partial charge in [0.2, 0.25) is 0 Å². The first-order valence-electron chi connectivity index (χ1n) is 5.02. The second-order valence-electron chi connectivity index (χ2n) is 3.51. The molecule has 0 aliphatic rings. The summed E-state index contributed by atoms with van der Waals surface area (Å²) in [7, 11) is 0. The van der Waals surface area contributed by atoms with Gasteiger partial charge < -0.3 is 4.42 Å². The Labute approximate surface area is 91.6 Å². The minimum atomic E-state index is -0.354. The molecule has 1 heterocycles. The molecule has 0 radical (unpaired) electrons. The highest BCUT2D eigenvalue weighted by Crippen LogP contribution is 2.16. The summed E-state index contributed by atoms with van der Waals surface area (Å²) in [5.41, 5.74) is 2.22. The minimum absolute atomic E-state index is 0.354. The molecule has 3 aromatic rings. The number of hydrogen-bond donors (Lipinski definition) is 0. The van der Waals surface area contributed by atoms with Crippen molar-refractivity contribution in [2.24, 2.45) is 0 Å². The molecule has 0 amide bonds. The quantitative estimate of drug-likeness (QED) is 0.620. The maximum absolute atomic E-state index is 11.7. The molecule has 0 bridgehead atoms. The number of para-hydroxylation sites is 3. The lowest BCUT2D eigenvalue weighted by Gasteiger charge is -2.00. The van der Waals surface area contributed by atoms with Gasteiger partial charge in [-0.3, -0.25) is 0 Å². The lowest BCUT2D eigenvalue weighted by Crippen LogP contribution is -2.11. The molecule has 3 heteroatoms. The van der Waals surface area contributed by atoms with Crippen LogP contribution in [0.25, 0.3) is 16.8 Å². The number of nitrogens with zero attached hydrogens (tertiary/aromatic N) is 1. The van der Waals surface area contributed by atoms with Gasteiger partial charge in [-0.2, -0.15) is 0 Å². The van der Waals surface area contributed by atoms with Gasteiger partial charge >= 0.3 is 5.76 Å². The van der Waals surface area contributed by atoms with Gasteiger partial charge in [0.25, 0.3) is 0 Å². The Hall–Kier alpha value is -2.29. The normalized spacial score (nSPS) is 10.8. The van der Waals surface area contributed by atoms with E-state index in [0.717, 1.165) is 11.2 Å². The zero-order chi connectivity index (χ0) is 11.0. The van der Waals surface area contributed by atoms with Crippen molar-refractivity contribution in [2.75, 3.05) is 0 Å². The second kappa shape index (κ2) is 3.38. The van der Waals surface area contributed by atoms with Crippen molar-refractivity contribution in [3.8, 4) is 5.69 Å². The molecule has 0 saturated carbocycles. The number of aromatic nitrogens is 1. The summed E-state index contributed by atoms with van der Waals surface area (Å²) in [6, 6.07) is 16.8. The second-order valence-corrected chi connectivity index (χ2v) is 3.51. The molecule has 78 valence electrons. The zero-order valence-electron chi connectivity index (χ0n) is 8.46. The van der Waals surface area contributed by atoms with Crippen LogP contribution in [0.1, 0.15) is 0 Å². The Balaban J connectivity index is 2.40. The van der Waals surface area contributed by atoms with Crippen LogP contribution in [0.4, 0.5) is 0 Å². The van der Waals surface area contributed by atoms with Gasteiger partial charge in [0.05, 0.1) is 11.2 Å². The fourth-order valence-corrected chi connectivity index (χ4v) is 1.79. The Morgan fingerprint density at radius 2 is 1.56 bits per heavy atom. The summed E-state index contributed by atoms with van der Waals surface area (Å²) in [4.78, 5) is 11.7. The molecule has 16 heavy (non-hydrogen) atoms. The van der Waals surface area contributed by atoms with Crippen LogP contribution in [0.3, 0.4) is 0 Å². The van der Waals surface area contributed by atoms with Crippen LogP contribution >= 0.6 is 0 Å². The summed E-state index contributed by atoms with van der Waals surface area (Å²) in [5, 5.41) is 0. The highest BCUT2D eigenvalue weighted by Gasteiger charge is 2.09. The fraction of sp³-hybridized carbons (Fsp3) is 0. The fourth-order valence-electron chi connectivity index (χ4n) is 1.79. The lowest BCUT2D eigenvalue weighted by molar-refractivity contribution is 0.540. The van der Waals surface area contributed by atoms with E-state index in [2.05, 4.69) is 0 Å². The molecular weight excluding hydrogens is 202 g/mol. The maximum Gasteiger partial charge on any atom is 0.424 e. The summed E-state index contributed by atoms with van der Waals surface area (Å²) in [5.74, 6) is -0.354. The topological polar surface area (TPSA) is 35.1 Å². The Bertz CT molecular complexity index is 680. The molecule has 1 aromatic heterocycles. The van der Waals surface area contributed by atoms with E-state index in [1.165, 1.54) is 0 Å². The Morgan fingerprint density at radius 1 is 0.875 bits per heavy atom. The molecule has 0 aliphatic heterocycles. The van der Waals surface area contributed by atoms with E-state index in [9.17, 15) is 4.79 Å². The van der Waals surface area contributed by atoms with Crippen LogP contribution in [0, 0.1) is 0 Å². The van der Waals surface area contributed by atoms with Gasteiger partial charge in [0.15, 0.2) is 5.58 Å². The van der Waals surface area contributed by atoms with Crippen molar-refractivity contribution < 1.29 is 4.42 Å². The smallest absolute Gasteiger partial charge is 0.407 e. The van der Waals surface area contributed by atoms with E-state index in [1.54, 1.807) is 10.6 Å². The number of hydrogen-bond acceptors (Lipinski definition) is 2. The van der Waals surface area contributed by atoms with Crippen LogP contribution in [-0.4, -0.2) is 4.57 Å². The van der Waals surface area contributed by atoms with E-state index in [4.69, 9.17) is 4.42 Å². The van der Waals surface area contributed by atoms with Gasteiger partial charge in [-0.1, -0.05) is 30.3 Å². The molecule has 0 aliphatic carbocycles. The van der Waals surface area contributed by atoms with Crippen LogP contribution in [0.2, 0.25) is 0 Å². The molecule has 3 rings (SSSR count). The van der Waals surface area contributed by atoms with Gasteiger partial charge in [0.1, 0.15) is 0 Å². The maximum atomic E-state index is 11.7. The van der Waals surface area contributed by atoms with Crippen LogP contribution < -0.4 is 5.76 Å². The average molecular weight is 211 g/mol. The molecule has 0 N–H and O–H groups in total. The van der Waals surface area contributed by atoms with E-state index >= 15 is 0 Å². The summed E-state index contributed by atoms with van der Waals surface area (Å²) >= 11 is 0. The molecule has 0 spiro atoms. The molecule has 0 fully saturated rings. The van der Waals surface area contributed by atoms with Gasteiger partial charge in [-0.05, 0) is 24.3 Å². The van der Waals surface area contributed by atoms with Crippen LogP contribution in [0.15, 0.2) is 63.8 Å². The SMILES string of the molecule is O=c1oc2ccccc2n1-c1ccccc1. The summed E-state index contributed by atoms with van der Waals surface area (Å²) < 4.78 is 6.73. The Kier molecular flexibility index (Phi) is 1.90. The lowest BCUT2D eigenvalue weighted by atomic mass is 10.3. The minimum Gasteiger partial charge on any atom is -0.407 e. The predicted molar refractivity (Wildman–Crippen MR) is 61.8 cm³/mol. The van der Waals surface area contributed by atoms with Crippen LogP contribution in [-0.2, 0) is 0 Å². The number of fused-ring (bicyclic) bond motifs is 1. The first-order chi connectivity index (χ1) is 7.86. The molecule has 0 atom stereocenters. The molecular formula is C13H9NO2. The van der Waals surface area contributed by atoms with Crippen molar-refractivity contribution in [1.82, 2.24) is 4.57 Å². The first kappa shape index (κ1) is 8.97. The highest BCUT2D eigenvalue weighted by molar-refractivity contribution is 5.74. The predicted octanol–water partition coefficient (Wildman–Crippen LogP) is 2.58. The van der Waals surface area contributed by atoms with E-state index < -0.39 is 0 Å². The van der Waals surface area contributed by atoms with Crippen molar-refractivity contribution in [1.29, 1.82) is 0 Å². The first-order valence-corrected chi connectivity index (χ1v) is 5.02. The third-order valence-electron chi connectivity index (χ3n) is 2.50. The van der Waals surface area contributed by atoms with E-state index in [-0.39, 0.29) is 5.76 Å². The largest absolute Gasteiger partial charge is 0.424 e. The van der Waals surface area contributed by atoms with Gasteiger partial charge in [0, 0.05) is 0 Å². The standard InChI is InChI=1S/C13H9NO2/c15-13-14(10-6-2-1-3-7-10)11-8-4-5-9-12(11)16-13/h1-9H. The Morgan fingerprint density at radius 3 is 2.38 bits per heavy atom. The van der Waals surface area contributed by atoms with Gasteiger partial charge in [-0.25, -0.2) is 9.36 Å². The summed E-state index contributed by atoms with van der Waals surface area (Å²) in [6.07, 6.45) is 0. The monoisotopic (exact) mass is 211 g/mol.